The maximum atomic E-state index is 13.8. The third kappa shape index (κ3) is 2.75. The van der Waals surface area contributed by atoms with Crippen LogP contribution in [0.2, 0.25) is 0 Å². The van der Waals surface area contributed by atoms with Crippen LogP contribution in [-0.4, -0.2) is 52.1 Å². The molecule has 0 radical (unpaired) electrons. The van der Waals surface area contributed by atoms with Gasteiger partial charge in [-0.15, -0.1) is 0 Å². The Labute approximate surface area is 150 Å². The summed E-state index contributed by atoms with van der Waals surface area (Å²) in [4.78, 5) is 14.3. The minimum atomic E-state index is -3.91. The van der Waals surface area contributed by atoms with Gasteiger partial charge >= 0.3 is 0 Å². The van der Waals surface area contributed by atoms with Gasteiger partial charge < -0.3 is 9.64 Å². The Kier molecular flexibility index (Phi) is 4.16. The van der Waals surface area contributed by atoms with Crippen LogP contribution in [0.1, 0.15) is 0 Å². The summed E-state index contributed by atoms with van der Waals surface area (Å²) in [6.45, 7) is 1.40. The Bertz CT molecular complexity index is 971. The number of nitrogens with zero attached hydrogens (tertiary/aromatic N) is 2. The van der Waals surface area contributed by atoms with E-state index in [0.29, 0.717) is 43.1 Å². The zero-order chi connectivity index (χ0) is 18.3. The molecular weight excluding hydrogens is 359 g/mol. The number of amides is 1. The molecule has 2 heterocycles. The molecule has 26 heavy (non-hydrogen) atoms. The van der Waals surface area contributed by atoms with E-state index in [1.807, 2.05) is 0 Å². The first-order chi connectivity index (χ1) is 12.5. The molecule has 2 aromatic carbocycles. The number of rotatable bonds is 2. The van der Waals surface area contributed by atoms with Crippen LogP contribution in [0.3, 0.4) is 0 Å². The van der Waals surface area contributed by atoms with E-state index in [2.05, 4.69) is 0 Å². The van der Waals surface area contributed by atoms with Gasteiger partial charge in [0.15, 0.2) is 0 Å². The number of hydrogen-bond donors (Lipinski definition) is 0. The number of ether oxygens (including phenoxy) is 1. The third-order valence-corrected chi connectivity index (χ3v) is 6.43. The monoisotopic (exact) mass is 376 g/mol. The van der Waals surface area contributed by atoms with Gasteiger partial charge in [-0.1, -0.05) is 18.2 Å². The van der Waals surface area contributed by atoms with Crippen molar-refractivity contribution in [2.75, 3.05) is 37.2 Å². The molecule has 8 heteroatoms. The SMILES string of the molecule is O=C(CN1c2ccc(F)cc2-c2ccccc2S1(=O)=O)N1CCOCC1. The predicted octanol–water partition coefficient (Wildman–Crippen LogP) is 1.86. The molecule has 0 aromatic heterocycles. The first kappa shape index (κ1) is 17.0. The minimum Gasteiger partial charge on any atom is -0.378 e. The highest BCUT2D eigenvalue weighted by molar-refractivity contribution is 7.93. The molecule has 2 aromatic rings. The maximum Gasteiger partial charge on any atom is 0.265 e. The number of carbonyl (C=O) groups is 1. The van der Waals surface area contributed by atoms with Gasteiger partial charge in [0, 0.05) is 24.2 Å². The van der Waals surface area contributed by atoms with Crippen LogP contribution >= 0.6 is 0 Å². The molecule has 136 valence electrons. The highest BCUT2D eigenvalue weighted by Crippen LogP contribution is 2.43. The Balaban J connectivity index is 1.78. The lowest BCUT2D eigenvalue weighted by atomic mass is 10.0. The van der Waals surface area contributed by atoms with Crippen LogP contribution in [0.15, 0.2) is 47.4 Å². The summed E-state index contributed by atoms with van der Waals surface area (Å²) < 4.78 is 46.3. The van der Waals surface area contributed by atoms with Gasteiger partial charge in [-0.2, -0.15) is 0 Å². The average molecular weight is 376 g/mol. The summed E-state index contributed by atoms with van der Waals surface area (Å²) in [6, 6.07) is 10.4. The number of halogens is 1. The Morgan fingerprint density at radius 3 is 2.58 bits per heavy atom. The van der Waals surface area contributed by atoms with Crippen LogP contribution in [-0.2, 0) is 19.6 Å². The molecule has 0 aliphatic carbocycles. The van der Waals surface area contributed by atoms with E-state index in [4.69, 9.17) is 4.74 Å². The van der Waals surface area contributed by atoms with Crippen LogP contribution in [0.5, 0.6) is 0 Å². The van der Waals surface area contributed by atoms with Gasteiger partial charge in [0.05, 0.1) is 23.8 Å². The number of fused-ring (bicyclic) bond motifs is 3. The highest BCUT2D eigenvalue weighted by atomic mass is 32.2. The topological polar surface area (TPSA) is 66.9 Å². The number of sulfonamides is 1. The summed E-state index contributed by atoms with van der Waals surface area (Å²) >= 11 is 0. The summed E-state index contributed by atoms with van der Waals surface area (Å²) in [6.07, 6.45) is 0. The molecule has 0 saturated carbocycles. The van der Waals surface area contributed by atoms with E-state index < -0.39 is 15.8 Å². The van der Waals surface area contributed by atoms with E-state index in [0.717, 1.165) is 4.31 Å². The van der Waals surface area contributed by atoms with Gasteiger partial charge in [-0.05, 0) is 24.3 Å². The van der Waals surface area contributed by atoms with Crippen LogP contribution in [0.25, 0.3) is 11.1 Å². The van der Waals surface area contributed by atoms with Crippen molar-refractivity contribution in [2.45, 2.75) is 4.90 Å². The van der Waals surface area contributed by atoms with E-state index in [1.165, 1.54) is 24.3 Å². The van der Waals surface area contributed by atoms with Crippen molar-refractivity contribution < 1.29 is 22.3 Å². The molecule has 6 nitrogen and oxygen atoms in total. The molecule has 0 spiro atoms. The molecule has 1 amide bonds. The molecule has 4 rings (SSSR count). The summed E-state index contributed by atoms with van der Waals surface area (Å²) in [5, 5.41) is 0. The van der Waals surface area contributed by atoms with Gasteiger partial charge in [-0.3, -0.25) is 9.10 Å². The second-order valence-electron chi connectivity index (χ2n) is 6.16. The van der Waals surface area contributed by atoms with Crippen molar-refractivity contribution in [1.29, 1.82) is 0 Å². The van der Waals surface area contributed by atoms with Crippen LogP contribution < -0.4 is 4.31 Å². The Morgan fingerprint density at radius 2 is 1.81 bits per heavy atom. The maximum absolute atomic E-state index is 13.8. The van der Waals surface area contributed by atoms with Gasteiger partial charge in [0.1, 0.15) is 12.4 Å². The zero-order valence-corrected chi connectivity index (χ0v) is 14.7. The molecule has 1 saturated heterocycles. The number of benzene rings is 2. The van der Waals surface area contributed by atoms with E-state index in [1.54, 1.807) is 23.1 Å². The lowest BCUT2D eigenvalue weighted by Crippen LogP contribution is -2.47. The number of carbonyl (C=O) groups excluding carboxylic acids is 1. The fourth-order valence-electron chi connectivity index (χ4n) is 3.31. The van der Waals surface area contributed by atoms with Crippen molar-refractivity contribution in [3.63, 3.8) is 0 Å². The van der Waals surface area contributed by atoms with Crippen molar-refractivity contribution in [3.8, 4) is 11.1 Å². The van der Waals surface area contributed by atoms with Crippen molar-refractivity contribution in [1.82, 2.24) is 4.90 Å². The quantitative estimate of drug-likeness (QED) is 0.803. The number of anilines is 1. The van der Waals surface area contributed by atoms with Gasteiger partial charge in [-0.25, -0.2) is 12.8 Å². The highest BCUT2D eigenvalue weighted by Gasteiger charge is 2.36. The Hall–Kier alpha value is -2.45. The molecule has 1 fully saturated rings. The summed E-state index contributed by atoms with van der Waals surface area (Å²) in [5.74, 6) is -0.760. The number of morpholine rings is 1. The molecular formula is C18H17FN2O4S. The van der Waals surface area contributed by atoms with Gasteiger partial charge in [0.25, 0.3) is 10.0 Å². The fraction of sp³-hybridized carbons (Fsp3) is 0.278. The molecule has 2 aliphatic rings. The normalized spacial score (nSPS) is 18.2. The smallest absolute Gasteiger partial charge is 0.265 e. The van der Waals surface area contributed by atoms with Crippen molar-refractivity contribution in [3.05, 3.63) is 48.3 Å². The molecule has 0 N–H and O–H groups in total. The average Bonchev–Trinajstić information content (AvgIpc) is 2.66. The van der Waals surface area contributed by atoms with E-state index in [9.17, 15) is 17.6 Å². The summed E-state index contributed by atoms with van der Waals surface area (Å²) in [7, 11) is -3.91. The standard InChI is InChI=1S/C18H17FN2O4S/c19-13-5-6-16-15(11-13)14-3-1-2-4-17(14)26(23,24)21(16)12-18(22)20-7-9-25-10-8-20/h1-6,11H,7-10,12H2. The third-order valence-electron chi connectivity index (χ3n) is 4.62. The molecule has 0 unspecified atom stereocenters. The largest absolute Gasteiger partial charge is 0.378 e. The lowest BCUT2D eigenvalue weighted by molar-refractivity contribution is -0.133. The fourth-order valence-corrected chi connectivity index (χ4v) is 4.95. The van der Waals surface area contributed by atoms with Crippen molar-refractivity contribution >= 4 is 21.6 Å². The molecule has 2 aliphatic heterocycles. The summed E-state index contributed by atoms with van der Waals surface area (Å²) in [5.41, 5.74) is 1.22. The zero-order valence-electron chi connectivity index (χ0n) is 13.9. The first-order valence-corrected chi connectivity index (χ1v) is 9.70. The van der Waals surface area contributed by atoms with E-state index in [-0.39, 0.29) is 17.3 Å². The molecule has 0 atom stereocenters. The minimum absolute atomic E-state index is 0.0767. The lowest BCUT2D eigenvalue weighted by Gasteiger charge is -2.34. The van der Waals surface area contributed by atoms with Gasteiger partial charge in [0.2, 0.25) is 5.91 Å². The Morgan fingerprint density at radius 1 is 1.08 bits per heavy atom. The molecule has 0 bridgehead atoms. The van der Waals surface area contributed by atoms with Crippen LogP contribution in [0.4, 0.5) is 10.1 Å². The number of hydrogen-bond acceptors (Lipinski definition) is 4. The predicted molar refractivity (Wildman–Crippen MR) is 93.8 cm³/mol. The first-order valence-electron chi connectivity index (χ1n) is 8.26. The second kappa shape index (κ2) is 6.37. The van der Waals surface area contributed by atoms with Crippen molar-refractivity contribution in [2.24, 2.45) is 0 Å². The van der Waals surface area contributed by atoms with Crippen LogP contribution in [0, 0.1) is 5.82 Å². The van der Waals surface area contributed by atoms with E-state index >= 15 is 0 Å². The second-order valence-corrected chi connectivity index (χ2v) is 7.99.